The predicted octanol–water partition coefficient (Wildman–Crippen LogP) is 0.768. The number of nitrogens with one attached hydrogen (secondary N) is 1. The summed E-state index contributed by atoms with van der Waals surface area (Å²) in [5, 5.41) is 18.3. The first kappa shape index (κ1) is 15.9. The molecule has 0 aromatic carbocycles. The minimum absolute atomic E-state index is 0.704. The van der Waals surface area contributed by atoms with Crippen LogP contribution in [-0.4, -0.2) is 58.8 Å². The van der Waals surface area contributed by atoms with Crippen LogP contribution in [0.3, 0.4) is 0 Å². The van der Waals surface area contributed by atoms with Crippen molar-refractivity contribution in [2.24, 2.45) is 0 Å². The van der Waals surface area contributed by atoms with Gasteiger partial charge in [0.25, 0.3) is 0 Å². The highest BCUT2D eigenvalue weighted by Crippen LogP contribution is 2.23. The average Bonchev–Trinajstić information content (AvgIpc) is 2.40. The van der Waals surface area contributed by atoms with Gasteiger partial charge in [0, 0.05) is 31.7 Å². The van der Waals surface area contributed by atoms with Crippen molar-refractivity contribution >= 4 is 11.9 Å². The van der Waals surface area contributed by atoms with Crippen LogP contribution < -0.4 is 5.32 Å². The Balaban J connectivity index is 0.000000258. The Morgan fingerprint density at radius 1 is 1.11 bits per heavy atom. The molecule has 1 saturated heterocycles. The molecule has 3 N–H and O–H groups in total. The molecule has 2 aliphatic rings. The van der Waals surface area contributed by atoms with Crippen LogP contribution in [0.15, 0.2) is 0 Å². The smallest absolute Gasteiger partial charge is 0.414 e. The zero-order valence-corrected chi connectivity index (χ0v) is 11.5. The fraction of sp³-hybridized carbons (Fsp3) is 0.846. The van der Waals surface area contributed by atoms with Crippen LogP contribution in [0.4, 0.5) is 0 Å². The van der Waals surface area contributed by atoms with E-state index in [1.165, 1.54) is 51.7 Å². The van der Waals surface area contributed by atoms with Crippen molar-refractivity contribution in [3.8, 4) is 0 Å². The molecule has 19 heavy (non-hydrogen) atoms. The molecule has 0 amide bonds. The van der Waals surface area contributed by atoms with Gasteiger partial charge < -0.3 is 15.5 Å². The molecule has 1 atom stereocenters. The first-order valence-electron chi connectivity index (χ1n) is 6.94. The van der Waals surface area contributed by atoms with Crippen molar-refractivity contribution in [2.75, 3.05) is 19.6 Å². The lowest BCUT2D eigenvalue weighted by Crippen LogP contribution is -2.53. The molecule has 2 rings (SSSR count). The summed E-state index contributed by atoms with van der Waals surface area (Å²) in [6, 6.07) is 1.62. The Kier molecular flexibility index (Phi) is 6.80. The molecule has 6 nitrogen and oxygen atoms in total. The molecule has 0 aromatic heterocycles. The fourth-order valence-corrected chi connectivity index (χ4v) is 2.74. The summed E-state index contributed by atoms with van der Waals surface area (Å²) in [6.07, 6.45) is 7.30. The third-order valence-electron chi connectivity index (χ3n) is 3.67. The third kappa shape index (κ3) is 6.02. The van der Waals surface area contributed by atoms with E-state index in [1.54, 1.807) is 0 Å². The largest absolute Gasteiger partial charge is 0.473 e. The van der Waals surface area contributed by atoms with E-state index < -0.39 is 11.9 Å². The summed E-state index contributed by atoms with van der Waals surface area (Å²) in [5.74, 6) is -3.65. The molecular formula is C13H24N2O4. The minimum Gasteiger partial charge on any atom is -0.473 e. The predicted molar refractivity (Wildman–Crippen MR) is 71.2 cm³/mol. The third-order valence-corrected chi connectivity index (χ3v) is 3.67. The van der Waals surface area contributed by atoms with Gasteiger partial charge in [0.15, 0.2) is 0 Å². The van der Waals surface area contributed by atoms with Gasteiger partial charge in [-0.25, -0.2) is 9.59 Å². The fourth-order valence-electron chi connectivity index (χ4n) is 2.74. The van der Waals surface area contributed by atoms with Crippen LogP contribution in [0.5, 0.6) is 0 Å². The van der Waals surface area contributed by atoms with Crippen LogP contribution in [0, 0.1) is 0 Å². The Hall–Kier alpha value is -1.14. The van der Waals surface area contributed by atoms with Gasteiger partial charge in [-0.15, -0.1) is 0 Å². The average molecular weight is 272 g/mol. The van der Waals surface area contributed by atoms with Crippen LogP contribution in [-0.2, 0) is 9.59 Å². The summed E-state index contributed by atoms with van der Waals surface area (Å²) in [4.78, 5) is 20.9. The molecule has 1 saturated carbocycles. The molecule has 0 aromatic rings. The van der Waals surface area contributed by atoms with Crippen LogP contribution >= 0.6 is 0 Å². The monoisotopic (exact) mass is 272 g/mol. The lowest BCUT2D eigenvalue weighted by Gasteiger charge is -2.39. The Morgan fingerprint density at radius 2 is 1.68 bits per heavy atom. The van der Waals surface area contributed by atoms with Crippen LogP contribution in [0.1, 0.15) is 39.0 Å². The molecule has 0 bridgehead atoms. The van der Waals surface area contributed by atoms with Crippen molar-refractivity contribution in [3.05, 3.63) is 0 Å². The van der Waals surface area contributed by atoms with Crippen LogP contribution in [0.25, 0.3) is 0 Å². The summed E-state index contributed by atoms with van der Waals surface area (Å²) in [6.45, 7) is 6.03. The van der Waals surface area contributed by atoms with Crippen LogP contribution in [0.2, 0.25) is 0 Å². The second kappa shape index (κ2) is 8.12. The maximum Gasteiger partial charge on any atom is 0.414 e. The van der Waals surface area contributed by atoms with E-state index in [0.29, 0.717) is 6.04 Å². The second-order valence-electron chi connectivity index (χ2n) is 5.25. The zero-order chi connectivity index (χ0) is 14.3. The molecule has 110 valence electrons. The first-order chi connectivity index (χ1) is 9.00. The number of hydrogen-bond donors (Lipinski definition) is 3. The number of aliphatic carboxylic acids is 2. The molecule has 1 aliphatic carbocycles. The van der Waals surface area contributed by atoms with E-state index in [9.17, 15) is 0 Å². The highest BCUT2D eigenvalue weighted by atomic mass is 16.4. The molecule has 1 heterocycles. The molecule has 6 heteroatoms. The summed E-state index contributed by atoms with van der Waals surface area (Å²) in [7, 11) is 0. The van der Waals surface area contributed by atoms with E-state index in [2.05, 4.69) is 17.1 Å². The van der Waals surface area contributed by atoms with Gasteiger partial charge in [-0.1, -0.05) is 19.3 Å². The van der Waals surface area contributed by atoms with E-state index in [1.807, 2.05) is 0 Å². The van der Waals surface area contributed by atoms with Gasteiger partial charge in [-0.2, -0.15) is 0 Å². The molecular weight excluding hydrogens is 248 g/mol. The summed E-state index contributed by atoms with van der Waals surface area (Å²) < 4.78 is 0. The Morgan fingerprint density at radius 3 is 2.16 bits per heavy atom. The van der Waals surface area contributed by atoms with E-state index in [0.717, 1.165) is 6.04 Å². The van der Waals surface area contributed by atoms with Gasteiger partial charge in [0.2, 0.25) is 0 Å². The summed E-state index contributed by atoms with van der Waals surface area (Å²) in [5.41, 5.74) is 0. The summed E-state index contributed by atoms with van der Waals surface area (Å²) >= 11 is 0. The second-order valence-corrected chi connectivity index (χ2v) is 5.25. The van der Waals surface area contributed by atoms with Crippen molar-refractivity contribution in [1.82, 2.24) is 10.2 Å². The highest BCUT2D eigenvalue weighted by Gasteiger charge is 2.24. The quantitative estimate of drug-likeness (QED) is 0.611. The highest BCUT2D eigenvalue weighted by molar-refractivity contribution is 6.27. The molecule has 0 radical (unpaired) electrons. The number of piperazine rings is 1. The van der Waals surface area contributed by atoms with Gasteiger partial charge in [0.05, 0.1) is 0 Å². The number of nitrogens with zero attached hydrogens (tertiary/aromatic N) is 1. The number of carbonyl (C=O) groups is 2. The van der Waals surface area contributed by atoms with Crippen molar-refractivity contribution in [1.29, 1.82) is 0 Å². The number of rotatable bonds is 1. The van der Waals surface area contributed by atoms with E-state index in [-0.39, 0.29) is 0 Å². The standard InChI is InChI=1S/C11H22N2.C2H2O4/c1-10-9-13(8-7-12-10)11-5-3-2-4-6-11;3-1(4)2(5)6/h10-12H,2-9H2,1H3;(H,3,4)(H,5,6). The Bertz CT molecular complexity index is 291. The van der Waals surface area contributed by atoms with Gasteiger partial charge in [-0.3, -0.25) is 4.90 Å². The maximum absolute atomic E-state index is 9.10. The number of hydrogen-bond acceptors (Lipinski definition) is 4. The van der Waals surface area contributed by atoms with Crippen molar-refractivity contribution < 1.29 is 19.8 Å². The van der Waals surface area contributed by atoms with Gasteiger partial charge >= 0.3 is 11.9 Å². The lowest BCUT2D eigenvalue weighted by molar-refractivity contribution is -0.159. The SMILES string of the molecule is CC1CN(C2CCCCC2)CCN1.O=C(O)C(=O)O. The Labute approximate surface area is 113 Å². The molecule has 1 unspecified atom stereocenters. The molecule has 0 spiro atoms. The number of carboxylic acid groups (broad SMARTS) is 2. The normalized spacial score (nSPS) is 25.2. The van der Waals surface area contributed by atoms with E-state index >= 15 is 0 Å². The van der Waals surface area contributed by atoms with Gasteiger partial charge in [-0.05, 0) is 19.8 Å². The first-order valence-corrected chi connectivity index (χ1v) is 6.94. The topological polar surface area (TPSA) is 89.9 Å². The molecule has 2 fully saturated rings. The number of carboxylic acids is 2. The molecule has 1 aliphatic heterocycles. The zero-order valence-electron chi connectivity index (χ0n) is 11.5. The van der Waals surface area contributed by atoms with Gasteiger partial charge in [0.1, 0.15) is 0 Å². The van der Waals surface area contributed by atoms with Crippen molar-refractivity contribution in [2.45, 2.75) is 51.1 Å². The van der Waals surface area contributed by atoms with Crippen molar-refractivity contribution in [3.63, 3.8) is 0 Å². The maximum atomic E-state index is 9.10. The minimum atomic E-state index is -1.82. The van der Waals surface area contributed by atoms with E-state index in [4.69, 9.17) is 19.8 Å². The lowest BCUT2D eigenvalue weighted by atomic mass is 9.93.